The molecule has 2 atom stereocenters. The number of aryl methyl sites for hydroxylation is 2. The van der Waals surface area contributed by atoms with E-state index in [2.05, 4.69) is 61.1 Å². The topological polar surface area (TPSA) is 40.1 Å². The lowest BCUT2D eigenvalue weighted by Crippen LogP contribution is -2.48. The van der Waals surface area contributed by atoms with Gasteiger partial charge in [0.25, 0.3) is 0 Å². The van der Waals surface area contributed by atoms with Gasteiger partial charge in [0, 0.05) is 26.2 Å². The lowest BCUT2D eigenvalue weighted by molar-refractivity contribution is -0.00837. The van der Waals surface area contributed by atoms with Crippen LogP contribution in [0.1, 0.15) is 42.6 Å². The van der Waals surface area contributed by atoms with Gasteiger partial charge in [-0.2, -0.15) is 0 Å². The van der Waals surface area contributed by atoms with E-state index < -0.39 is 0 Å². The summed E-state index contributed by atoms with van der Waals surface area (Å²) < 4.78 is 6.12. The van der Waals surface area contributed by atoms with Crippen LogP contribution in [0.15, 0.2) is 23.2 Å². The number of piperidine rings is 1. The molecular formula is C22H36N4O. The average molecular weight is 373 g/mol. The molecule has 0 amide bonds. The van der Waals surface area contributed by atoms with Gasteiger partial charge >= 0.3 is 0 Å². The molecule has 0 saturated carbocycles. The summed E-state index contributed by atoms with van der Waals surface area (Å²) in [4.78, 5) is 9.82. The van der Waals surface area contributed by atoms with Crippen LogP contribution in [0.25, 0.3) is 0 Å². The van der Waals surface area contributed by atoms with E-state index in [0.29, 0.717) is 5.92 Å². The van der Waals surface area contributed by atoms with Crippen LogP contribution in [0.5, 0.6) is 0 Å². The molecule has 0 aromatic heterocycles. The number of hydrogen-bond donors (Lipinski definition) is 1. The van der Waals surface area contributed by atoms with E-state index in [0.717, 1.165) is 45.3 Å². The zero-order valence-electron chi connectivity index (χ0n) is 17.5. The Morgan fingerprint density at radius 3 is 2.85 bits per heavy atom. The quantitative estimate of drug-likeness (QED) is 0.652. The molecule has 2 fully saturated rings. The summed E-state index contributed by atoms with van der Waals surface area (Å²) in [6.45, 7) is 13.2. The van der Waals surface area contributed by atoms with Crippen LogP contribution < -0.4 is 5.32 Å². The second-order valence-electron chi connectivity index (χ2n) is 8.13. The predicted octanol–water partition coefficient (Wildman–Crippen LogP) is 2.98. The Kier molecular flexibility index (Phi) is 7.13. The van der Waals surface area contributed by atoms with Gasteiger partial charge in [-0.05, 0) is 64.3 Å². The first kappa shape index (κ1) is 20.2. The first-order valence-electron chi connectivity index (χ1n) is 10.5. The fourth-order valence-electron chi connectivity index (χ4n) is 4.28. The maximum atomic E-state index is 6.12. The summed E-state index contributed by atoms with van der Waals surface area (Å²) in [6.07, 6.45) is 2.70. The number of guanidine groups is 1. The molecule has 27 heavy (non-hydrogen) atoms. The number of rotatable bonds is 4. The molecular weight excluding hydrogens is 336 g/mol. The molecule has 2 aliphatic rings. The minimum absolute atomic E-state index is 0.115. The summed E-state index contributed by atoms with van der Waals surface area (Å²) in [5.74, 6) is 1.72. The molecule has 2 saturated heterocycles. The monoisotopic (exact) mass is 372 g/mol. The lowest BCUT2D eigenvalue weighted by atomic mass is 9.99. The van der Waals surface area contributed by atoms with E-state index in [4.69, 9.17) is 9.73 Å². The van der Waals surface area contributed by atoms with Crippen molar-refractivity contribution in [3.63, 3.8) is 0 Å². The van der Waals surface area contributed by atoms with Crippen molar-refractivity contribution in [3.8, 4) is 0 Å². The number of nitrogens with one attached hydrogen (secondary N) is 1. The zero-order chi connectivity index (χ0) is 19.2. The second kappa shape index (κ2) is 9.56. The summed E-state index contributed by atoms with van der Waals surface area (Å²) in [5.41, 5.74) is 3.92. The third-order valence-corrected chi connectivity index (χ3v) is 5.69. The number of benzene rings is 1. The van der Waals surface area contributed by atoms with E-state index >= 15 is 0 Å². The molecule has 2 heterocycles. The Morgan fingerprint density at radius 2 is 2.11 bits per heavy atom. The molecule has 2 aliphatic heterocycles. The second-order valence-corrected chi connectivity index (χ2v) is 8.13. The molecule has 5 nitrogen and oxygen atoms in total. The molecule has 5 heteroatoms. The van der Waals surface area contributed by atoms with E-state index in [1.54, 1.807) is 0 Å². The molecule has 1 aromatic rings. The van der Waals surface area contributed by atoms with E-state index in [-0.39, 0.29) is 6.10 Å². The zero-order valence-corrected chi connectivity index (χ0v) is 17.5. The van der Waals surface area contributed by atoms with Gasteiger partial charge < -0.3 is 19.9 Å². The Balaban J connectivity index is 1.68. The van der Waals surface area contributed by atoms with Crippen LogP contribution in [0.3, 0.4) is 0 Å². The van der Waals surface area contributed by atoms with Crippen molar-refractivity contribution in [1.82, 2.24) is 15.1 Å². The van der Waals surface area contributed by atoms with E-state index in [1.165, 1.54) is 36.1 Å². The highest BCUT2D eigenvalue weighted by Crippen LogP contribution is 2.26. The summed E-state index contributed by atoms with van der Waals surface area (Å²) in [5, 5.41) is 3.51. The van der Waals surface area contributed by atoms with Crippen LogP contribution in [-0.4, -0.2) is 68.7 Å². The number of morpholine rings is 1. The van der Waals surface area contributed by atoms with Crippen molar-refractivity contribution >= 4 is 5.96 Å². The maximum Gasteiger partial charge on any atom is 0.194 e. The molecule has 1 aromatic carbocycles. The van der Waals surface area contributed by atoms with Crippen molar-refractivity contribution in [2.75, 3.05) is 52.9 Å². The lowest BCUT2D eigenvalue weighted by Gasteiger charge is -2.36. The Bertz CT molecular complexity index is 645. The van der Waals surface area contributed by atoms with Crippen LogP contribution in [0.2, 0.25) is 0 Å². The summed E-state index contributed by atoms with van der Waals surface area (Å²) >= 11 is 0. The SMILES string of the molecule is CCNC(=NCC1CCCN(C)C1)N1CCOC(c2ccc(C)cc2C)C1. The van der Waals surface area contributed by atoms with Crippen LogP contribution in [0.4, 0.5) is 0 Å². The van der Waals surface area contributed by atoms with Crippen molar-refractivity contribution in [1.29, 1.82) is 0 Å². The van der Waals surface area contributed by atoms with Gasteiger partial charge in [0.05, 0.1) is 13.2 Å². The van der Waals surface area contributed by atoms with Gasteiger partial charge in [-0.3, -0.25) is 4.99 Å². The third-order valence-electron chi connectivity index (χ3n) is 5.69. The van der Waals surface area contributed by atoms with E-state index in [1.807, 2.05) is 0 Å². The average Bonchev–Trinajstić information content (AvgIpc) is 2.65. The standard InChI is InChI=1S/C22H36N4O/c1-5-23-22(24-14-19-7-6-10-25(4)15-19)26-11-12-27-21(16-26)20-9-8-17(2)13-18(20)3/h8-9,13,19,21H,5-7,10-12,14-16H2,1-4H3,(H,23,24). The van der Waals surface area contributed by atoms with Gasteiger partial charge in [-0.25, -0.2) is 0 Å². The molecule has 1 N–H and O–H groups in total. The molecule has 2 unspecified atom stereocenters. The number of nitrogens with zero attached hydrogens (tertiary/aromatic N) is 3. The Labute approximate surface area is 164 Å². The van der Waals surface area contributed by atoms with Crippen molar-refractivity contribution in [2.24, 2.45) is 10.9 Å². The van der Waals surface area contributed by atoms with Gasteiger partial charge in [0.1, 0.15) is 6.10 Å². The fraction of sp³-hybridized carbons (Fsp3) is 0.682. The Morgan fingerprint density at radius 1 is 1.26 bits per heavy atom. The largest absolute Gasteiger partial charge is 0.370 e. The summed E-state index contributed by atoms with van der Waals surface area (Å²) in [7, 11) is 2.22. The van der Waals surface area contributed by atoms with Gasteiger partial charge in [0.2, 0.25) is 0 Å². The normalized spacial score (nSPS) is 24.9. The molecule has 0 bridgehead atoms. The van der Waals surface area contributed by atoms with Gasteiger partial charge in [0.15, 0.2) is 5.96 Å². The smallest absolute Gasteiger partial charge is 0.194 e. The van der Waals surface area contributed by atoms with Crippen molar-refractivity contribution < 1.29 is 4.74 Å². The highest BCUT2D eigenvalue weighted by Gasteiger charge is 2.26. The fourth-order valence-corrected chi connectivity index (χ4v) is 4.28. The Hall–Kier alpha value is -1.59. The molecule has 3 rings (SSSR count). The summed E-state index contributed by atoms with van der Waals surface area (Å²) in [6, 6.07) is 6.65. The number of ether oxygens (including phenoxy) is 1. The van der Waals surface area contributed by atoms with Crippen molar-refractivity contribution in [2.45, 2.75) is 39.7 Å². The molecule has 0 radical (unpaired) electrons. The van der Waals surface area contributed by atoms with Gasteiger partial charge in [-0.15, -0.1) is 0 Å². The van der Waals surface area contributed by atoms with Crippen LogP contribution in [0, 0.1) is 19.8 Å². The first-order valence-corrected chi connectivity index (χ1v) is 10.5. The minimum Gasteiger partial charge on any atom is -0.370 e. The van der Waals surface area contributed by atoms with Gasteiger partial charge in [-0.1, -0.05) is 23.8 Å². The minimum atomic E-state index is 0.115. The van der Waals surface area contributed by atoms with E-state index in [9.17, 15) is 0 Å². The van der Waals surface area contributed by atoms with Crippen LogP contribution in [-0.2, 0) is 4.74 Å². The highest BCUT2D eigenvalue weighted by atomic mass is 16.5. The molecule has 150 valence electrons. The molecule has 0 aliphatic carbocycles. The van der Waals surface area contributed by atoms with Crippen molar-refractivity contribution in [3.05, 3.63) is 34.9 Å². The third kappa shape index (κ3) is 5.45. The first-order chi connectivity index (χ1) is 13.1. The highest BCUT2D eigenvalue weighted by molar-refractivity contribution is 5.80. The number of likely N-dealkylation sites (tertiary alicyclic amines) is 1. The maximum absolute atomic E-state index is 6.12. The molecule has 0 spiro atoms. The number of aliphatic imine (C=N–C) groups is 1. The number of hydrogen-bond acceptors (Lipinski definition) is 3. The predicted molar refractivity (Wildman–Crippen MR) is 112 cm³/mol. The van der Waals surface area contributed by atoms with Crippen LogP contribution >= 0.6 is 0 Å².